The van der Waals surface area contributed by atoms with Gasteiger partial charge in [-0.05, 0) is 79.3 Å². The number of anilines is 1. The monoisotopic (exact) mass is 584 g/mol. The topological polar surface area (TPSA) is 93.7 Å². The predicted octanol–water partition coefficient (Wildman–Crippen LogP) is 6.14. The molecule has 0 heterocycles. The minimum absolute atomic E-state index is 0.000939. The van der Waals surface area contributed by atoms with E-state index < -0.39 is 44.9 Å². The molecule has 7 nitrogen and oxygen atoms in total. The quantitative estimate of drug-likeness (QED) is 0.221. The third-order valence-electron chi connectivity index (χ3n) is 5.99. The normalized spacial score (nSPS) is 13.7. The van der Waals surface area contributed by atoms with Crippen molar-refractivity contribution >= 4 is 21.6 Å². The van der Waals surface area contributed by atoms with Crippen LogP contribution in [-0.4, -0.2) is 33.7 Å². The maximum atomic E-state index is 14.2. The molecule has 1 amide bonds. The Kier molecular flexibility index (Phi) is 8.36. The zero-order chi connectivity index (χ0) is 29.2. The van der Waals surface area contributed by atoms with Crippen molar-refractivity contribution in [1.82, 2.24) is 4.72 Å². The van der Waals surface area contributed by atoms with E-state index in [0.29, 0.717) is 18.4 Å². The van der Waals surface area contributed by atoms with E-state index in [1.807, 2.05) is 0 Å². The largest absolute Gasteiger partial charge is 0.489 e. The third-order valence-corrected chi connectivity index (χ3v) is 6.72. The summed E-state index contributed by atoms with van der Waals surface area (Å²) in [5, 5.41) is 2.43. The van der Waals surface area contributed by atoms with E-state index in [0.717, 1.165) is 30.5 Å². The Morgan fingerprint density at radius 3 is 2.35 bits per heavy atom. The summed E-state index contributed by atoms with van der Waals surface area (Å²) in [6, 6.07) is 8.80. The van der Waals surface area contributed by atoms with Gasteiger partial charge in [-0.15, -0.1) is 0 Å². The van der Waals surface area contributed by atoms with E-state index in [-0.39, 0.29) is 47.6 Å². The Bertz CT molecular complexity index is 1540. The fraction of sp³-hybridized carbons (Fsp3) is 0.296. The van der Waals surface area contributed by atoms with E-state index in [1.54, 1.807) is 6.92 Å². The van der Waals surface area contributed by atoms with E-state index in [2.05, 4.69) is 10.0 Å². The number of sulfonamides is 1. The van der Waals surface area contributed by atoms with Crippen molar-refractivity contribution in [3.05, 3.63) is 82.4 Å². The second-order valence-corrected chi connectivity index (χ2v) is 11.2. The van der Waals surface area contributed by atoms with E-state index >= 15 is 0 Å². The van der Waals surface area contributed by atoms with Crippen molar-refractivity contribution in [2.24, 2.45) is 0 Å². The Morgan fingerprint density at radius 2 is 1.73 bits per heavy atom. The summed E-state index contributed by atoms with van der Waals surface area (Å²) < 4.78 is 105. The first kappa shape index (κ1) is 29.3. The molecule has 0 aromatic heterocycles. The van der Waals surface area contributed by atoms with Crippen LogP contribution in [-0.2, 0) is 16.2 Å². The van der Waals surface area contributed by atoms with Crippen LogP contribution in [0.1, 0.15) is 45.8 Å². The molecule has 1 fully saturated rings. The Balaban J connectivity index is 1.65. The summed E-state index contributed by atoms with van der Waals surface area (Å²) in [7, 11) is -3.49. The average Bonchev–Trinajstić information content (AvgIpc) is 3.69. The molecule has 0 spiro atoms. The van der Waals surface area contributed by atoms with Crippen LogP contribution in [0.25, 0.3) is 0 Å². The number of aryl methyl sites for hydroxylation is 1. The van der Waals surface area contributed by atoms with Gasteiger partial charge in [0.05, 0.1) is 17.4 Å². The molecule has 0 saturated heterocycles. The van der Waals surface area contributed by atoms with Gasteiger partial charge in [0.2, 0.25) is 10.0 Å². The predicted molar refractivity (Wildman–Crippen MR) is 137 cm³/mol. The fourth-order valence-corrected chi connectivity index (χ4v) is 4.41. The van der Waals surface area contributed by atoms with E-state index in [9.17, 15) is 35.2 Å². The number of carbonyl (C=O) groups excluding carboxylic acids is 1. The number of benzene rings is 3. The molecule has 1 aliphatic carbocycles. The van der Waals surface area contributed by atoms with Crippen molar-refractivity contribution < 1.29 is 44.6 Å². The van der Waals surface area contributed by atoms with E-state index in [1.165, 1.54) is 24.3 Å². The number of ether oxygens (including phenoxy) is 2. The molecule has 0 radical (unpaired) electrons. The lowest BCUT2D eigenvalue weighted by Crippen LogP contribution is -2.27. The zero-order valence-electron chi connectivity index (χ0n) is 21.4. The van der Waals surface area contributed by atoms with Gasteiger partial charge in [0, 0.05) is 18.3 Å². The van der Waals surface area contributed by atoms with Gasteiger partial charge < -0.3 is 14.8 Å². The second kappa shape index (κ2) is 11.4. The first-order chi connectivity index (χ1) is 18.7. The smallest absolute Gasteiger partial charge is 0.416 e. The molecular formula is C27H25F5N2O5S. The maximum absolute atomic E-state index is 14.2. The number of hydrogen-bond donors (Lipinski definition) is 2. The van der Waals surface area contributed by atoms with Crippen LogP contribution in [0.3, 0.4) is 0 Å². The molecule has 0 unspecified atom stereocenters. The van der Waals surface area contributed by atoms with Gasteiger partial charge in [-0.1, -0.05) is 0 Å². The summed E-state index contributed by atoms with van der Waals surface area (Å²) in [6.45, 7) is 1.18. The molecular weight excluding hydrogens is 559 g/mol. The molecule has 1 aliphatic rings. The highest BCUT2D eigenvalue weighted by atomic mass is 32.2. The molecule has 1 saturated carbocycles. The van der Waals surface area contributed by atoms with Crippen molar-refractivity contribution in [2.75, 3.05) is 24.7 Å². The molecule has 13 heteroatoms. The highest BCUT2D eigenvalue weighted by Gasteiger charge is 2.40. The van der Waals surface area contributed by atoms with Crippen molar-refractivity contribution in [2.45, 2.75) is 31.9 Å². The molecule has 214 valence electrons. The third kappa shape index (κ3) is 7.48. The lowest BCUT2D eigenvalue weighted by atomic mass is 9.98. The van der Waals surface area contributed by atoms with Crippen LogP contribution in [0.5, 0.6) is 17.2 Å². The number of halogens is 5. The minimum atomic E-state index is -4.74. The summed E-state index contributed by atoms with van der Waals surface area (Å²) in [5.74, 6) is -2.97. The fourth-order valence-electron chi connectivity index (χ4n) is 3.96. The Hall–Kier alpha value is -3.71. The first-order valence-electron chi connectivity index (χ1n) is 12.1. The van der Waals surface area contributed by atoms with Gasteiger partial charge >= 0.3 is 6.18 Å². The van der Waals surface area contributed by atoms with Crippen LogP contribution in [0.15, 0.2) is 48.5 Å². The number of amides is 1. The lowest BCUT2D eigenvalue weighted by molar-refractivity contribution is -0.138. The summed E-state index contributed by atoms with van der Waals surface area (Å²) in [4.78, 5) is 13.3. The number of alkyl halides is 3. The molecule has 0 atom stereocenters. The molecule has 2 N–H and O–H groups in total. The average molecular weight is 585 g/mol. The molecule has 4 rings (SSSR count). The van der Waals surface area contributed by atoms with Crippen molar-refractivity contribution in [1.29, 1.82) is 0 Å². The van der Waals surface area contributed by atoms with Gasteiger partial charge in [-0.3, -0.25) is 4.79 Å². The van der Waals surface area contributed by atoms with Crippen LogP contribution in [0.2, 0.25) is 0 Å². The van der Waals surface area contributed by atoms with Crippen molar-refractivity contribution in [3.8, 4) is 17.2 Å². The van der Waals surface area contributed by atoms with Crippen LogP contribution < -0.4 is 19.5 Å². The van der Waals surface area contributed by atoms with Gasteiger partial charge in [0.1, 0.15) is 23.9 Å². The van der Waals surface area contributed by atoms with Crippen LogP contribution in [0.4, 0.5) is 27.6 Å². The number of rotatable bonds is 10. The summed E-state index contributed by atoms with van der Waals surface area (Å²) >= 11 is 0. The second-order valence-electron chi connectivity index (χ2n) is 9.33. The first-order valence-corrected chi connectivity index (χ1v) is 14.0. The SMILES string of the molecule is Cc1cc(F)ccc1Oc1cc(C2CC2)c(C(F)(F)F)cc1C(=O)Nc1ccc(F)c(OCCNS(C)(=O)=O)c1. The van der Waals surface area contributed by atoms with Gasteiger partial charge in [0.15, 0.2) is 11.6 Å². The lowest BCUT2D eigenvalue weighted by Gasteiger charge is -2.19. The standard InChI is InChI=1S/C27H25F5N2O5S/c1-15-11-17(28)5-8-23(15)39-24-14-19(16-3-4-16)21(27(30,31)32)13-20(24)26(35)34-18-6-7-22(29)25(12-18)38-10-9-33-40(2,36)37/h5-8,11-14,16,33H,3-4,9-10H2,1-2H3,(H,34,35). The molecule has 0 bridgehead atoms. The Morgan fingerprint density at radius 1 is 1.00 bits per heavy atom. The summed E-state index contributed by atoms with van der Waals surface area (Å²) in [5.41, 5.74) is -1.04. The van der Waals surface area contributed by atoms with Crippen LogP contribution >= 0.6 is 0 Å². The minimum Gasteiger partial charge on any atom is -0.489 e. The maximum Gasteiger partial charge on any atom is 0.416 e. The highest BCUT2D eigenvalue weighted by Crippen LogP contribution is 2.48. The number of nitrogens with one attached hydrogen (secondary N) is 2. The molecule has 3 aromatic rings. The zero-order valence-corrected chi connectivity index (χ0v) is 22.2. The molecule has 40 heavy (non-hydrogen) atoms. The Labute approximate surface area is 227 Å². The van der Waals surface area contributed by atoms with Gasteiger partial charge in [0.25, 0.3) is 5.91 Å². The highest BCUT2D eigenvalue weighted by molar-refractivity contribution is 7.88. The number of carbonyl (C=O) groups is 1. The molecule has 3 aromatic carbocycles. The van der Waals surface area contributed by atoms with Gasteiger partial charge in [-0.2, -0.15) is 13.2 Å². The van der Waals surface area contributed by atoms with Crippen molar-refractivity contribution in [3.63, 3.8) is 0 Å². The van der Waals surface area contributed by atoms with Crippen LogP contribution in [0, 0.1) is 18.6 Å². The summed E-state index contributed by atoms with van der Waals surface area (Å²) in [6.07, 6.45) is -2.68. The van der Waals surface area contributed by atoms with E-state index in [4.69, 9.17) is 9.47 Å². The molecule has 0 aliphatic heterocycles. The number of hydrogen-bond acceptors (Lipinski definition) is 5. The van der Waals surface area contributed by atoms with Gasteiger partial charge in [-0.25, -0.2) is 21.9 Å².